The van der Waals surface area contributed by atoms with E-state index >= 15 is 0 Å². The Bertz CT molecular complexity index is 1030. The molecule has 150 valence electrons. The van der Waals surface area contributed by atoms with Gasteiger partial charge in [-0.3, -0.25) is 9.69 Å². The molecule has 2 heterocycles. The molecule has 29 heavy (non-hydrogen) atoms. The van der Waals surface area contributed by atoms with Crippen LogP contribution in [0.5, 0.6) is 0 Å². The van der Waals surface area contributed by atoms with Gasteiger partial charge in [0.1, 0.15) is 5.82 Å². The predicted molar refractivity (Wildman–Crippen MR) is 115 cm³/mol. The lowest BCUT2D eigenvalue weighted by Crippen LogP contribution is -2.49. The van der Waals surface area contributed by atoms with E-state index < -0.39 is 0 Å². The number of imidazole rings is 1. The fraction of sp³-hybridized carbons (Fsp3) is 0.391. The molecule has 1 amide bonds. The summed E-state index contributed by atoms with van der Waals surface area (Å²) < 4.78 is 2.29. The Hall–Kier alpha value is -2.37. The molecule has 0 radical (unpaired) electrons. The summed E-state index contributed by atoms with van der Waals surface area (Å²) in [6.07, 6.45) is 2.15. The average Bonchev–Trinajstić information content (AvgIpc) is 3.53. The van der Waals surface area contributed by atoms with Crippen molar-refractivity contribution in [2.24, 2.45) is 5.92 Å². The van der Waals surface area contributed by atoms with Crippen LogP contribution in [0.2, 0.25) is 5.02 Å². The smallest absolute Gasteiger partial charge is 0.225 e. The van der Waals surface area contributed by atoms with E-state index in [0.717, 1.165) is 74.0 Å². The predicted octanol–water partition coefficient (Wildman–Crippen LogP) is 3.79. The van der Waals surface area contributed by atoms with E-state index in [1.165, 1.54) is 5.56 Å². The van der Waals surface area contributed by atoms with E-state index in [-0.39, 0.29) is 0 Å². The van der Waals surface area contributed by atoms with Crippen LogP contribution in [0.3, 0.4) is 0 Å². The van der Waals surface area contributed by atoms with Crippen molar-refractivity contribution in [3.63, 3.8) is 0 Å². The second-order valence-electron chi connectivity index (χ2n) is 8.11. The first-order chi connectivity index (χ1) is 14.2. The maximum absolute atomic E-state index is 12.3. The Labute approximate surface area is 175 Å². The maximum atomic E-state index is 12.3. The lowest BCUT2D eigenvalue weighted by atomic mass is 10.2. The number of rotatable bonds is 5. The number of amides is 1. The highest BCUT2D eigenvalue weighted by Gasteiger charge is 2.34. The van der Waals surface area contributed by atoms with Gasteiger partial charge in [0.05, 0.1) is 17.6 Å². The molecule has 1 saturated carbocycles. The molecule has 1 aliphatic carbocycles. The number of aromatic nitrogens is 2. The number of piperazine rings is 1. The van der Waals surface area contributed by atoms with E-state index in [9.17, 15) is 4.79 Å². The highest BCUT2D eigenvalue weighted by Crippen LogP contribution is 2.31. The Kier molecular flexibility index (Phi) is 5.02. The minimum Gasteiger partial charge on any atom is -0.340 e. The SMILES string of the molecule is O=C(C1CC1)N1CCN(Cc2nc3ccccc3n2Cc2cccc(Cl)c2)CC1. The number of benzene rings is 2. The van der Waals surface area contributed by atoms with Crippen LogP contribution in [-0.2, 0) is 17.9 Å². The molecule has 1 aliphatic heterocycles. The number of carbonyl (C=O) groups excluding carboxylic acids is 1. The van der Waals surface area contributed by atoms with Crippen LogP contribution in [0.25, 0.3) is 11.0 Å². The minimum absolute atomic E-state index is 0.309. The summed E-state index contributed by atoms with van der Waals surface area (Å²) in [5, 5.41) is 0.755. The van der Waals surface area contributed by atoms with Gasteiger partial charge in [-0.15, -0.1) is 0 Å². The number of hydrogen-bond acceptors (Lipinski definition) is 3. The van der Waals surface area contributed by atoms with Gasteiger partial charge in [0.15, 0.2) is 0 Å². The molecule has 1 aromatic heterocycles. The van der Waals surface area contributed by atoms with Gasteiger partial charge in [0.25, 0.3) is 0 Å². The third-order valence-corrected chi connectivity index (χ3v) is 6.17. The van der Waals surface area contributed by atoms with E-state index in [0.29, 0.717) is 11.8 Å². The molecular formula is C23H25ClN4O. The Balaban J connectivity index is 1.35. The molecule has 0 bridgehead atoms. The van der Waals surface area contributed by atoms with Crippen LogP contribution >= 0.6 is 11.6 Å². The minimum atomic E-state index is 0.309. The molecule has 0 N–H and O–H groups in total. The maximum Gasteiger partial charge on any atom is 0.225 e. The molecule has 5 nitrogen and oxygen atoms in total. The highest BCUT2D eigenvalue weighted by molar-refractivity contribution is 6.30. The van der Waals surface area contributed by atoms with Crippen molar-refractivity contribution < 1.29 is 4.79 Å². The molecule has 1 saturated heterocycles. The van der Waals surface area contributed by atoms with Gasteiger partial charge in [-0.05, 0) is 42.7 Å². The van der Waals surface area contributed by atoms with Crippen LogP contribution in [0.1, 0.15) is 24.2 Å². The van der Waals surface area contributed by atoms with Crippen molar-refractivity contribution >= 4 is 28.5 Å². The normalized spacial score (nSPS) is 17.8. The first-order valence-corrected chi connectivity index (χ1v) is 10.7. The second kappa shape index (κ2) is 7.81. The first kappa shape index (κ1) is 18.6. The summed E-state index contributed by atoms with van der Waals surface area (Å²) in [7, 11) is 0. The standard InChI is InChI=1S/C23H25ClN4O/c24-19-5-3-4-17(14-19)15-28-21-7-2-1-6-20(21)25-22(28)16-26-10-12-27(13-11-26)23(29)18-8-9-18/h1-7,14,18H,8-13,15-16H2. The van der Waals surface area contributed by atoms with E-state index in [4.69, 9.17) is 16.6 Å². The third kappa shape index (κ3) is 4.02. The summed E-state index contributed by atoms with van der Waals surface area (Å²) >= 11 is 6.20. The third-order valence-electron chi connectivity index (χ3n) is 5.94. The second-order valence-corrected chi connectivity index (χ2v) is 8.54. The highest BCUT2D eigenvalue weighted by atomic mass is 35.5. The summed E-state index contributed by atoms with van der Waals surface area (Å²) in [6.45, 7) is 4.99. The van der Waals surface area contributed by atoms with Gasteiger partial charge in [0, 0.05) is 43.7 Å². The Morgan fingerprint density at radius 1 is 1.00 bits per heavy atom. The quantitative estimate of drug-likeness (QED) is 0.645. The van der Waals surface area contributed by atoms with Crippen LogP contribution in [0.15, 0.2) is 48.5 Å². The van der Waals surface area contributed by atoms with Gasteiger partial charge in [-0.1, -0.05) is 35.9 Å². The fourth-order valence-corrected chi connectivity index (χ4v) is 4.37. The molecule has 3 aromatic rings. The number of nitrogens with zero attached hydrogens (tertiary/aromatic N) is 4. The number of para-hydroxylation sites is 2. The zero-order valence-corrected chi connectivity index (χ0v) is 17.2. The number of carbonyl (C=O) groups is 1. The fourth-order valence-electron chi connectivity index (χ4n) is 4.16. The molecule has 2 aliphatic rings. The topological polar surface area (TPSA) is 41.4 Å². The molecule has 0 atom stereocenters. The molecule has 2 aromatic carbocycles. The monoisotopic (exact) mass is 408 g/mol. The lowest BCUT2D eigenvalue weighted by Gasteiger charge is -2.34. The van der Waals surface area contributed by atoms with Crippen molar-refractivity contribution in [2.75, 3.05) is 26.2 Å². The average molecular weight is 409 g/mol. The zero-order chi connectivity index (χ0) is 19.8. The Morgan fingerprint density at radius 3 is 2.55 bits per heavy atom. The summed E-state index contributed by atoms with van der Waals surface area (Å²) in [5.74, 6) is 1.73. The van der Waals surface area contributed by atoms with Crippen molar-refractivity contribution in [1.29, 1.82) is 0 Å². The summed E-state index contributed by atoms with van der Waals surface area (Å²) in [5.41, 5.74) is 3.33. The molecule has 6 heteroatoms. The van der Waals surface area contributed by atoms with Crippen molar-refractivity contribution in [3.05, 3.63) is 64.9 Å². The number of fused-ring (bicyclic) bond motifs is 1. The van der Waals surface area contributed by atoms with Crippen LogP contribution in [0, 0.1) is 5.92 Å². The van der Waals surface area contributed by atoms with Crippen LogP contribution in [-0.4, -0.2) is 51.4 Å². The van der Waals surface area contributed by atoms with Gasteiger partial charge in [0.2, 0.25) is 5.91 Å². The van der Waals surface area contributed by atoms with Gasteiger partial charge < -0.3 is 9.47 Å². The zero-order valence-electron chi connectivity index (χ0n) is 16.4. The largest absolute Gasteiger partial charge is 0.340 e. The van der Waals surface area contributed by atoms with Crippen molar-refractivity contribution in [3.8, 4) is 0 Å². The van der Waals surface area contributed by atoms with Crippen molar-refractivity contribution in [1.82, 2.24) is 19.4 Å². The number of hydrogen-bond donors (Lipinski definition) is 0. The Morgan fingerprint density at radius 2 is 1.79 bits per heavy atom. The summed E-state index contributed by atoms with van der Waals surface area (Å²) in [6, 6.07) is 16.3. The first-order valence-electron chi connectivity index (χ1n) is 10.4. The van der Waals surface area contributed by atoms with Crippen LogP contribution < -0.4 is 0 Å². The lowest BCUT2D eigenvalue weighted by molar-refractivity contribution is -0.134. The van der Waals surface area contributed by atoms with Gasteiger partial charge in [-0.25, -0.2) is 4.98 Å². The summed E-state index contributed by atoms with van der Waals surface area (Å²) in [4.78, 5) is 21.7. The molecular weight excluding hydrogens is 384 g/mol. The molecule has 0 spiro atoms. The number of halogens is 1. The van der Waals surface area contributed by atoms with Crippen LogP contribution in [0.4, 0.5) is 0 Å². The van der Waals surface area contributed by atoms with Gasteiger partial charge >= 0.3 is 0 Å². The van der Waals surface area contributed by atoms with Gasteiger partial charge in [-0.2, -0.15) is 0 Å². The molecule has 5 rings (SSSR count). The molecule has 2 fully saturated rings. The van der Waals surface area contributed by atoms with E-state index in [1.54, 1.807) is 0 Å². The van der Waals surface area contributed by atoms with Crippen molar-refractivity contribution in [2.45, 2.75) is 25.9 Å². The molecule has 0 unspecified atom stereocenters. The van der Waals surface area contributed by atoms with E-state index in [1.807, 2.05) is 29.2 Å². The van der Waals surface area contributed by atoms with E-state index in [2.05, 4.69) is 33.7 Å².